The van der Waals surface area contributed by atoms with Gasteiger partial charge in [-0.15, -0.1) is 0 Å². The minimum absolute atomic E-state index is 0.295. The molecule has 0 radical (unpaired) electrons. The Kier molecular flexibility index (Phi) is 4.46. The molecular weight excluding hydrogens is 288 g/mol. The van der Waals surface area contributed by atoms with Crippen LogP contribution >= 0.6 is 0 Å². The van der Waals surface area contributed by atoms with E-state index in [2.05, 4.69) is 0 Å². The summed E-state index contributed by atoms with van der Waals surface area (Å²) in [6.07, 6.45) is 0. The summed E-state index contributed by atoms with van der Waals surface area (Å²) in [5, 5.41) is 19.5. The highest BCUT2D eigenvalue weighted by Gasteiger charge is 2.26. The maximum atomic E-state index is 12.1. The zero-order valence-corrected chi connectivity index (χ0v) is 12.0. The first kappa shape index (κ1) is 16.1. The Morgan fingerprint density at radius 1 is 1.40 bits per heavy atom. The average molecular weight is 302 g/mol. The fourth-order valence-electron chi connectivity index (χ4n) is 1.60. The van der Waals surface area contributed by atoms with Crippen molar-refractivity contribution in [1.82, 2.24) is 4.31 Å². The molecule has 0 aliphatic rings. The zero-order chi connectivity index (χ0) is 15.7. The van der Waals surface area contributed by atoms with Crippen molar-refractivity contribution in [2.75, 3.05) is 13.6 Å². The van der Waals surface area contributed by atoms with Crippen molar-refractivity contribution in [2.45, 2.75) is 18.7 Å². The van der Waals surface area contributed by atoms with Crippen molar-refractivity contribution in [3.8, 4) is 0 Å². The smallest absolute Gasteiger partial charge is 0.318 e. The first-order valence-electron chi connectivity index (χ1n) is 5.51. The fourth-order valence-corrected chi connectivity index (χ4v) is 2.83. The van der Waals surface area contributed by atoms with Crippen LogP contribution in [0.15, 0.2) is 17.0 Å². The highest BCUT2D eigenvalue weighted by atomic mass is 32.2. The van der Waals surface area contributed by atoms with Crippen LogP contribution in [0.1, 0.15) is 11.1 Å². The second kappa shape index (κ2) is 5.55. The minimum atomic E-state index is -4.08. The van der Waals surface area contributed by atoms with Crippen LogP contribution in [0.3, 0.4) is 0 Å². The lowest BCUT2D eigenvalue weighted by atomic mass is 10.1. The van der Waals surface area contributed by atoms with Gasteiger partial charge in [0.05, 0.1) is 9.82 Å². The van der Waals surface area contributed by atoms with E-state index in [0.717, 1.165) is 13.1 Å². The number of rotatable bonds is 5. The summed E-state index contributed by atoms with van der Waals surface area (Å²) >= 11 is 0. The number of nitrogens with zero attached hydrogens (tertiary/aromatic N) is 2. The third-order valence-corrected chi connectivity index (χ3v) is 4.66. The summed E-state index contributed by atoms with van der Waals surface area (Å²) in [6.45, 7) is 2.35. The fraction of sp³-hybridized carbons (Fsp3) is 0.364. The molecule has 8 nitrogen and oxygen atoms in total. The summed E-state index contributed by atoms with van der Waals surface area (Å²) in [4.78, 5) is 20.5. The van der Waals surface area contributed by atoms with Gasteiger partial charge in [-0.3, -0.25) is 14.9 Å². The molecular formula is C11H14N2O6S. The van der Waals surface area contributed by atoms with Crippen LogP contribution < -0.4 is 0 Å². The van der Waals surface area contributed by atoms with Crippen molar-refractivity contribution in [2.24, 2.45) is 0 Å². The zero-order valence-electron chi connectivity index (χ0n) is 11.2. The van der Waals surface area contributed by atoms with Crippen molar-refractivity contribution in [3.05, 3.63) is 33.4 Å². The average Bonchev–Trinajstić information content (AvgIpc) is 2.30. The molecule has 0 saturated carbocycles. The van der Waals surface area contributed by atoms with Gasteiger partial charge < -0.3 is 5.11 Å². The van der Waals surface area contributed by atoms with Crippen molar-refractivity contribution in [1.29, 1.82) is 0 Å². The van der Waals surface area contributed by atoms with E-state index in [1.165, 1.54) is 13.0 Å². The predicted molar refractivity (Wildman–Crippen MR) is 70.0 cm³/mol. The minimum Gasteiger partial charge on any atom is -0.480 e. The third-order valence-electron chi connectivity index (χ3n) is 2.88. The standard InChI is InChI=1S/C11H14N2O6S/c1-7-4-9(5-10(8(7)2)13(16)17)20(18,19)12(3)6-11(14)15/h4-5H,6H2,1-3H3,(H,14,15). The Morgan fingerprint density at radius 2 is 1.95 bits per heavy atom. The molecule has 0 bridgehead atoms. The number of hydrogen-bond acceptors (Lipinski definition) is 5. The Bertz CT molecular complexity index is 668. The highest BCUT2D eigenvalue weighted by Crippen LogP contribution is 2.27. The van der Waals surface area contributed by atoms with E-state index in [4.69, 9.17) is 5.11 Å². The number of nitro groups is 1. The summed E-state index contributed by atoms with van der Waals surface area (Å²) in [6, 6.07) is 2.23. The summed E-state index contributed by atoms with van der Waals surface area (Å²) in [5.41, 5.74) is 0.503. The lowest BCUT2D eigenvalue weighted by Gasteiger charge is -2.15. The number of carboxylic acids is 1. The summed E-state index contributed by atoms with van der Waals surface area (Å²) < 4.78 is 24.9. The largest absolute Gasteiger partial charge is 0.480 e. The molecule has 1 rings (SSSR count). The van der Waals surface area contributed by atoms with E-state index in [-0.39, 0.29) is 10.6 Å². The molecule has 0 aromatic heterocycles. The van der Waals surface area contributed by atoms with Crippen molar-refractivity contribution in [3.63, 3.8) is 0 Å². The normalized spacial score (nSPS) is 11.6. The molecule has 1 N–H and O–H groups in total. The topological polar surface area (TPSA) is 118 Å². The van der Waals surface area contributed by atoms with Crippen LogP contribution in [-0.2, 0) is 14.8 Å². The Balaban J connectivity index is 3.40. The molecule has 0 heterocycles. The van der Waals surface area contributed by atoms with Gasteiger partial charge in [-0.2, -0.15) is 4.31 Å². The second-order valence-electron chi connectivity index (χ2n) is 4.30. The molecule has 0 unspecified atom stereocenters. The molecule has 0 spiro atoms. The van der Waals surface area contributed by atoms with Crippen molar-refractivity contribution >= 4 is 21.7 Å². The quantitative estimate of drug-likeness (QED) is 0.638. The molecule has 0 aliphatic carbocycles. The molecule has 110 valence electrons. The van der Waals surface area contributed by atoms with E-state index in [1.54, 1.807) is 6.92 Å². The maximum absolute atomic E-state index is 12.1. The van der Waals surface area contributed by atoms with Crippen LogP contribution in [-0.4, -0.2) is 42.3 Å². The van der Waals surface area contributed by atoms with Gasteiger partial charge in [0.1, 0.15) is 6.54 Å². The first-order valence-corrected chi connectivity index (χ1v) is 6.95. The summed E-state index contributed by atoms with van der Waals surface area (Å²) in [7, 11) is -2.98. The number of carboxylic acid groups (broad SMARTS) is 1. The Hall–Kier alpha value is -2.00. The molecule has 20 heavy (non-hydrogen) atoms. The molecule has 0 fully saturated rings. The number of aliphatic carboxylic acids is 1. The molecule has 1 aromatic carbocycles. The van der Waals surface area contributed by atoms with Crippen LogP contribution in [0.4, 0.5) is 5.69 Å². The van der Waals surface area contributed by atoms with Crippen LogP contribution in [0.5, 0.6) is 0 Å². The van der Waals surface area contributed by atoms with Gasteiger partial charge in [-0.05, 0) is 25.5 Å². The number of likely N-dealkylation sites (N-methyl/N-ethyl adjacent to an activating group) is 1. The van der Waals surface area contributed by atoms with Gasteiger partial charge in [0.15, 0.2) is 0 Å². The van der Waals surface area contributed by atoms with Crippen molar-refractivity contribution < 1.29 is 23.2 Å². The molecule has 1 aromatic rings. The number of sulfonamides is 1. The summed E-state index contributed by atoms with van der Waals surface area (Å²) in [5.74, 6) is -1.31. The SMILES string of the molecule is Cc1cc(S(=O)(=O)N(C)CC(=O)O)cc([N+](=O)[O-])c1C. The van der Waals surface area contributed by atoms with E-state index < -0.39 is 27.5 Å². The molecule has 9 heteroatoms. The number of benzene rings is 1. The number of aryl methyl sites for hydroxylation is 1. The predicted octanol–water partition coefficient (Wildman–Crippen LogP) is 0.917. The van der Waals surface area contributed by atoms with Crippen LogP contribution in [0.25, 0.3) is 0 Å². The molecule has 0 saturated heterocycles. The van der Waals surface area contributed by atoms with Gasteiger partial charge in [0, 0.05) is 18.7 Å². The molecule has 0 amide bonds. The van der Waals surface area contributed by atoms with Gasteiger partial charge >= 0.3 is 5.97 Å². The van der Waals surface area contributed by atoms with E-state index in [1.807, 2.05) is 0 Å². The van der Waals surface area contributed by atoms with E-state index in [9.17, 15) is 23.3 Å². The highest BCUT2D eigenvalue weighted by molar-refractivity contribution is 7.89. The monoisotopic (exact) mass is 302 g/mol. The van der Waals surface area contributed by atoms with Gasteiger partial charge in [-0.1, -0.05) is 0 Å². The first-order chi connectivity index (χ1) is 9.07. The van der Waals surface area contributed by atoms with Gasteiger partial charge in [0.2, 0.25) is 10.0 Å². The maximum Gasteiger partial charge on any atom is 0.318 e. The molecule has 0 aliphatic heterocycles. The van der Waals surface area contributed by atoms with E-state index in [0.29, 0.717) is 15.4 Å². The second-order valence-corrected chi connectivity index (χ2v) is 6.34. The Labute approximate surface area is 115 Å². The van der Waals surface area contributed by atoms with Gasteiger partial charge in [-0.25, -0.2) is 8.42 Å². The number of nitro benzene ring substituents is 1. The Morgan fingerprint density at radius 3 is 2.40 bits per heavy atom. The van der Waals surface area contributed by atoms with E-state index >= 15 is 0 Å². The number of hydrogen-bond donors (Lipinski definition) is 1. The lowest BCUT2D eigenvalue weighted by molar-refractivity contribution is -0.385. The molecule has 0 atom stereocenters. The third kappa shape index (κ3) is 3.11. The number of carbonyl (C=O) groups is 1. The van der Waals surface area contributed by atoms with Crippen LogP contribution in [0, 0.1) is 24.0 Å². The van der Waals surface area contributed by atoms with Gasteiger partial charge in [0.25, 0.3) is 5.69 Å². The lowest BCUT2D eigenvalue weighted by Crippen LogP contribution is -2.32. The van der Waals surface area contributed by atoms with Crippen LogP contribution in [0.2, 0.25) is 0 Å².